The van der Waals surface area contributed by atoms with Crippen molar-refractivity contribution in [2.75, 3.05) is 13.1 Å². The Labute approximate surface area is 185 Å². The number of fused-ring (bicyclic) bond motifs is 2. The Morgan fingerprint density at radius 3 is 2.97 bits per heavy atom. The summed E-state index contributed by atoms with van der Waals surface area (Å²) in [5, 5.41) is 5.31. The van der Waals surface area contributed by atoms with E-state index in [0.717, 1.165) is 60.6 Å². The molecule has 3 aromatic rings. The predicted octanol–water partition coefficient (Wildman–Crippen LogP) is 3.15. The summed E-state index contributed by atoms with van der Waals surface area (Å²) in [6.07, 6.45) is 4.23. The number of carbonyl (C=O) groups excluding carboxylic acids is 1. The van der Waals surface area contributed by atoms with Gasteiger partial charge < -0.3 is 4.90 Å². The van der Waals surface area contributed by atoms with E-state index in [-0.39, 0.29) is 17.5 Å². The molecule has 3 aromatic heterocycles. The minimum absolute atomic E-state index is 0.0103. The number of nitrogens with zero attached hydrogens (tertiary/aromatic N) is 4. The summed E-state index contributed by atoms with van der Waals surface area (Å²) in [7, 11) is 0. The van der Waals surface area contributed by atoms with Gasteiger partial charge in [0.15, 0.2) is 5.65 Å². The second kappa shape index (κ2) is 8.24. The number of hydrogen-bond donors (Lipinski definition) is 1. The molecule has 0 radical (unpaired) electrons. The fourth-order valence-corrected chi connectivity index (χ4v) is 5.55. The highest BCUT2D eigenvalue weighted by molar-refractivity contribution is 7.10. The Morgan fingerprint density at radius 2 is 2.19 bits per heavy atom. The van der Waals surface area contributed by atoms with Gasteiger partial charge in [0.1, 0.15) is 0 Å². The lowest BCUT2D eigenvalue weighted by Crippen LogP contribution is -2.40. The van der Waals surface area contributed by atoms with E-state index in [4.69, 9.17) is 4.98 Å². The molecule has 1 amide bonds. The SMILES string of the molecule is CC(C)N1CCc2nc3cc([C@H]4CCCCN4C(=O)Cc4cccs4)[nH]n3c(=O)c2C1. The van der Waals surface area contributed by atoms with Crippen molar-refractivity contribution in [3.63, 3.8) is 0 Å². The number of thiophene rings is 1. The number of hydrogen-bond acceptors (Lipinski definition) is 5. The van der Waals surface area contributed by atoms with Crippen LogP contribution in [-0.2, 0) is 24.2 Å². The number of H-pyrrole nitrogens is 1. The number of nitrogens with one attached hydrogen (secondary N) is 1. The van der Waals surface area contributed by atoms with Crippen molar-refractivity contribution < 1.29 is 4.79 Å². The standard InChI is InChI=1S/C23H29N5O2S/c1-15(2)26-10-8-18-17(14-26)23(30)28-21(24-18)13-19(25-28)20-7-3-4-9-27(20)22(29)12-16-6-5-11-31-16/h5-6,11,13,15,20,25H,3-4,7-10,12,14H2,1-2H3/t20-/m1/s1. The van der Waals surface area contributed by atoms with E-state index in [1.54, 1.807) is 15.9 Å². The lowest BCUT2D eigenvalue weighted by molar-refractivity contribution is -0.134. The smallest absolute Gasteiger partial charge is 0.277 e. The van der Waals surface area contributed by atoms with Gasteiger partial charge in [0.2, 0.25) is 5.91 Å². The Balaban J connectivity index is 1.47. The number of likely N-dealkylation sites (tertiary alicyclic amines) is 1. The molecule has 1 saturated heterocycles. The molecule has 8 heteroatoms. The van der Waals surface area contributed by atoms with Crippen LogP contribution in [-0.4, -0.2) is 49.4 Å². The molecule has 2 aliphatic heterocycles. The molecule has 2 aliphatic rings. The zero-order valence-electron chi connectivity index (χ0n) is 18.1. The molecule has 0 aliphatic carbocycles. The van der Waals surface area contributed by atoms with Crippen LogP contribution in [0.15, 0.2) is 28.4 Å². The zero-order valence-corrected chi connectivity index (χ0v) is 19.0. The fraction of sp³-hybridized carbons (Fsp3) is 0.522. The van der Waals surface area contributed by atoms with Gasteiger partial charge in [-0.2, -0.15) is 0 Å². The van der Waals surface area contributed by atoms with E-state index in [1.807, 2.05) is 28.5 Å². The molecule has 5 heterocycles. The molecule has 0 aromatic carbocycles. The Morgan fingerprint density at radius 1 is 1.32 bits per heavy atom. The van der Waals surface area contributed by atoms with Gasteiger partial charge in [-0.1, -0.05) is 6.07 Å². The predicted molar refractivity (Wildman–Crippen MR) is 121 cm³/mol. The molecule has 164 valence electrons. The molecule has 7 nitrogen and oxygen atoms in total. The largest absolute Gasteiger partial charge is 0.334 e. The molecule has 1 atom stereocenters. The zero-order chi connectivity index (χ0) is 21.5. The highest BCUT2D eigenvalue weighted by atomic mass is 32.1. The quantitative estimate of drug-likeness (QED) is 0.678. The maximum absolute atomic E-state index is 13.3. The van der Waals surface area contributed by atoms with Crippen LogP contribution in [0, 0.1) is 0 Å². The average Bonchev–Trinajstić information content (AvgIpc) is 3.43. The van der Waals surface area contributed by atoms with Crippen molar-refractivity contribution in [3.05, 3.63) is 55.8 Å². The Hall–Kier alpha value is -2.45. The lowest BCUT2D eigenvalue weighted by Gasteiger charge is -2.35. The number of carbonyl (C=O) groups is 1. The van der Waals surface area contributed by atoms with Crippen LogP contribution in [0.5, 0.6) is 0 Å². The number of aromatic nitrogens is 3. The van der Waals surface area contributed by atoms with Gasteiger partial charge in [0.05, 0.1) is 29.4 Å². The van der Waals surface area contributed by atoms with Crippen LogP contribution in [0.25, 0.3) is 5.65 Å². The highest BCUT2D eigenvalue weighted by Gasteiger charge is 2.30. The van der Waals surface area contributed by atoms with Crippen LogP contribution >= 0.6 is 11.3 Å². The first-order chi connectivity index (χ1) is 15.0. The first kappa shape index (κ1) is 20.5. The average molecular weight is 440 g/mol. The molecule has 31 heavy (non-hydrogen) atoms. The summed E-state index contributed by atoms with van der Waals surface area (Å²) >= 11 is 1.62. The van der Waals surface area contributed by atoms with E-state index in [2.05, 4.69) is 23.8 Å². The minimum Gasteiger partial charge on any atom is -0.334 e. The molecular weight excluding hydrogens is 410 g/mol. The third-order valence-electron chi connectivity index (χ3n) is 6.63. The van der Waals surface area contributed by atoms with Crippen molar-refractivity contribution in [2.24, 2.45) is 0 Å². The summed E-state index contributed by atoms with van der Waals surface area (Å²) in [6.45, 7) is 6.65. The number of rotatable bonds is 4. The minimum atomic E-state index is -0.0356. The molecule has 0 saturated carbocycles. The Bertz CT molecular complexity index is 1150. The monoisotopic (exact) mass is 439 g/mol. The van der Waals surface area contributed by atoms with Crippen molar-refractivity contribution in [3.8, 4) is 0 Å². The van der Waals surface area contributed by atoms with Crippen LogP contribution in [0.3, 0.4) is 0 Å². The van der Waals surface area contributed by atoms with Gasteiger partial charge in [-0.05, 0) is 44.6 Å². The van der Waals surface area contributed by atoms with Crippen molar-refractivity contribution >= 4 is 22.9 Å². The number of aromatic amines is 1. The molecule has 0 bridgehead atoms. The molecule has 0 spiro atoms. The van der Waals surface area contributed by atoms with Crippen molar-refractivity contribution in [1.29, 1.82) is 0 Å². The van der Waals surface area contributed by atoms with Gasteiger partial charge >= 0.3 is 0 Å². The summed E-state index contributed by atoms with van der Waals surface area (Å²) in [4.78, 5) is 36.5. The summed E-state index contributed by atoms with van der Waals surface area (Å²) < 4.78 is 1.58. The van der Waals surface area contributed by atoms with Gasteiger partial charge in [0, 0.05) is 43.0 Å². The third kappa shape index (κ3) is 3.83. The third-order valence-corrected chi connectivity index (χ3v) is 7.51. The van der Waals surface area contributed by atoms with Crippen LogP contribution in [0.4, 0.5) is 0 Å². The summed E-state index contributed by atoms with van der Waals surface area (Å²) in [6, 6.07) is 6.33. The molecule has 1 fully saturated rings. The topological polar surface area (TPSA) is 73.7 Å². The second-order valence-corrected chi connectivity index (χ2v) is 9.95. The van der Waals surface area contributed by atoms with E-state index >= 15 is 0 Å². The summed E-state index contributed by atoms with van der Waals surface area (Å²) in [5.74, 6) is 0.151. The number of amides is 1. The molecular formula is C23H29N5O2S. The van der Waals surface area contributed by atoms with Crippen LogP contribution in [0.2, 0.25) is 0 Å². The normalized spacial score (nSPS) is 19.8. The maximum atomic E-state index is 13.3. The van der Waals surface area contributed by atoms with E-state index in [1.165, 1.54) is 0 Å². The van der Waals surface area contributed by atoms with Crippen LogP contribution in [0.1, 0.15) is 61.0 Å². The van der Waals surface area contributed by atoms with Crippen molar-refractivity contribution in [1.82, 2.24) is 24.4 Å². The van der Waals surface area contributed by atoms with E-state index < -0.39 is 0 Å². The van der Waals surface area contributed by atoms with Gasteiger partial charge in [-0.15, -0.1) is 11.3 Å². The Kier molecular flexibility index (Phi) is 5.44. The lowest BCUT2D eigenvalue weighted by atomic mass is 9.99. The van der Waals surface area contributed by atoms with Crippen LogP contribution < -0.4 is 5.56 Å². The maximum Gasteiger partial charge on any atom is 0.277 e. The number of piperidine rings is 1. The van der Waals surface area contributed by atoms with Gasteiger partial charge in [0.25, 0.3) is 5.56 Å². The first-order valence-electron chi connectivity index (χ1n) is 11.2. The molecule has 0 unspecified atom stereocenters. The van der Waals surface area contributed by atoms with E-state index in [9.17, 15) is 9.59 Å². The van der Waals surface area contributed by atoms with Gasteiger partial charge in [-0.25, -0.2) is 9.50 Å². The van der Waals surface area contributed by atoms with Crippen molar-refractivity contribution in [2.45, 2.75) is 64.6 Å². The molecule has 5 rings (SSSR count). The summed E-state index contributed by atoms with van der Waals surface area (Å²) in [5.41, 5.74) is 3.27. The molecule has 1 N–H and O–H groups in total. The van der Waals surface area contributed by atoms with E-state index in [0.29, 0.717) is 24.7 Å². The first-order valence-corrected chi connectivity index (χ1v) is 12.1. The van der Waals surface area contributed by atoms with Gasteiger partial charge in [-0.3, -0.25) is 19.6 Å². The highest BCUT2D eigenvalue weighted by Crippen LogP contribution is 2.31. The fourth-order valence-electron chi connectivity index (χ4n) is 4.85. The second-order valence-electron chi connectivity index (χ2n) is 8.92.